The van der Waals surface area contributed by atoms with E-state index in [1.165, 1.54) is 0 Å². The first-order chi connectivity index (χ1) is 11.4. The lowest BCUT2D eigenvalue weighted by molar-refractivity contribution is 1.21. The van der Waals surface area contributed by atoms with Crippen molar-refractivity contribution < 1.29 is 0 Å². The number of rotatable bonds is 4. The van der Waals surface area contributed by atoms with E-state index in [4.69, 9.17) is 4.98 Å². The summed E-state index contributed by atoms with van der Waals surface area (Å²) >= 11 is 1.62. The average molecular weight is 318 g/mol. The van der Waals surface area contributed by atoms with Gasteiger partial charge in [0.1, 0.15) is 0 Å². The van der Waals surface area contributed by atoms with Crippen LogP contribution in [0.25, 0.3) is 16.2 Å². The summed E-state index contributed by atoms with van der Waals surface area (Å²) in [6.45, 7) is 0. The van der Waals surface area contributed by atoms with Gasteiger partial charge in [0.05, 0.1) is 23.3 Å². The Hall–Kier alpha value is -2.92. The molecule has 4 aromatic rings. The minimum Gasteiger partial charge on any atom is -0.289 e. The third-order valence-corrected chi connectivity index (χ3v) is 4.26. The zero-order valence-electron chi connectivity index (χ0n) is 12.3. The number of benzene rings is 2. The summed E-state index contributed by atoms with van der Waals surface area (Å²) in [6.07, 6.45) is 3.84. The number of hydrazone groups is 1. The lowest BCUT2D eigenvalue weighted by Crippen LogP contribution is -1.95. The second kappa shape index (κ2) is 6.06. The molecule has 0 saturated heterocycles. The maximum Gasteiger partial charge on any atom is 0.194 e. The molecule has 0 aliphatic heterocycles. The number of imidazole rings is 1. The van der Waals surface area contributed by atoms with E-state index in [0.29, 0.717) is 0 Å². The van der Waals surface area contributed by atoms with Crippen molar-refractivity contribution >= 4 is 28.2 Å². The van der Waals surface area contributed by atoms with Crippen LogP contribution < -0.4 is 5.43 Å². The quantitative estimate of drug-likeness (QED) is 0.444. The summed E-state index contributed by atoms with van der Waals surface area (Å²) in [6, 6.07) is 20.1. The van der Waals surface area contributed by atoms with E-state index in [2.05, 4.69) is 27.1 Å². The molecule has 0 unspecified atom stereocenters. The van der Waals surface area contributed by atoms with Gasteiger partial charge in [-0.05, 0) is 12.1 Å². The highest BCUT2D eigenvalue weighted by Gasteiger charge is 2.12. The van der Waals surface area contributed by atoms with Gasteiger partial charge in [-0.2, -0.15) is 5.10 Å². The van der Waals surface area contributed by atoms with E-state index in [0.717, 1.165) is 27.6 Å². The second-order valence-corrected chi connectivity index (χ2v) is 5.88. The van der Waals surface area contributed by atoms with Crippen molar-refractivity contribution in [3.8, 4) is 11.3 Å². The minimum absolute atomic E-state index is 0.941. The Morgan fingerprint density at radius 3 is 2.52 bits per heavy atom. The summed E-state index contributed by atoms with van der Waals surface area (Å²) in [5, 5.41) is 6.40. The fraction of sp³-hybridized carbons (Fsp3) is 0. The molecule has 2 heterocycles. The smallest absolute Gasteiger partial charge is 0.194 e. The van der Waals surface area contributed by atoms with Crippen LogP contribution in [0, 0.1) is 0 Å². The number of nitrogens with one attached hydrogen (secondary N) is 1. The van der Waals surface area contributed by atoms with E-state index in [9.17, 15) is 0 Å². The molecule has 0 aliphatic rings. The molecule has 5 heteroatoms. The molecule has 112 valence electrons. The fourth-order valence-electron chi connectivity index (χ4n) is 2.42. The monoisotopic (exact) mass is 318 g/mol. The summed E-state index contributed by atoms with van der Waals surface area (Å²) < 4.78 is 2.06. The molecule has 0 bridgehead atoms. The first kappa shape index (κ1) is 13.7. The minimum atomic E-state index is 0.941. The number of thiazole rings is 1. The van der Waals surface area contributed by atoms with Gasteiger partial charge in [-0.25, -0.2) is 4.98 Å². The second-order valence-electron chi connectivity index (χ2n) is 5.00. The van der Waals surface area contributed by atoms with Crippen LogP contribution in [0.3, 0.4) is 0 Å². The van der Waals surface area contributed by atoms with Gasteiger partial charge in [0.25, 0.3) is 0 Å². The van der Waals surface area contributed by atoms with Gasteiger partial charge < -0.3 is 0 Å². The van der Waals surface area contributed by atoms with Crippen molar-refractivity contribution in [1.82, 2.24) is 9.38 Å². The Labute approximate surface area is 137 Å². The zero-order chi connectivity index (χ0) is 15.5. The molecule has 0 radical (unpaired) electrons. The highest BCUT2D eigenvalue weighted by atomic mass is 32.1. The number of hydrogen-bond donors (Lipinski definition) is 1. The van der Waals surface area contributed by atoms with Gasteiger partial charge in [-0.3, -0.25) is 9.83 Å². The van der Waals surface area contributed by atoms with Crippen molar-refractivity contribution in [2.24, 2.45) is 5.10 Å². The highest BCUT2D eigenvalue weighted by Crippen LogP contribution is 2.25. The van der Waals surface area contributed by atoms with Crippen molar-refractivity contribution in [3.05, 3.63) is 77.9 Å². The summed E-state index contributed by atoms with van der Waals surface area (Å²) in [4.78, 5) is 5.69. The highest BCUT2D eigenvalue weighted by molar-refractivity contribution is 7.15. The normalized spacial score (nSPS) is 11.3. The average Bonchev–Trinajstić information content (AvgIpc) is 3.19. The summed E-state index contributed by atoms with van der Waals surface area (Å²) in [7, 11) is 0. The zero-order valence-corrected chi connectivity index (χ0v) is 13.1. The SMILES string of the molecule is C(=N\Nc1ccccc1)/c1c(-c2ccccc2)nc2sccn12. The number of fused-ring (bicyclic) bond motifs is 1. The molecule has 4 nitrogen and oxygen atoms in total. The number of hydrogen-bond acceptors (Lipinski definition) is 4. The molecular formula is C18H14N4S. The molecule has 0 atom stereocenters. The Bertz CT molecular complexity index is 939. The van der Waals surface area contributed by atoms with Crippen LogP contribution in [0.1, 0.15) is 5.69 Å². The number of aromatic nitrogens is 2. The first-order valence-electron chi connectivity index (χ1n) is 7.27. The van der Waals surface area contributed by atoms with E-state index < -0.39 is 0 Å². The predicted octanol–water partition coefficient (Wildman–Crippen LogP) is 4.51. The van der Waals surface area contributed by atoms with Crippen LogP contribution in [-0.2, 0) is 0 Å². The number of para-hydroxylation sites is 1. The Kier molecular flexibility index (Phi) is 3.62. The van der Waals surface area contributed by atoms with Crippen LogP contribution >= 0.6 is 11.3 Å². The maximum atomic E-state index is 4.73. The largest absolute Gasteiger partial charge is 0.289 e. The van der Waals surface area contributed by atoms with E-state index in [-0.39, 0.29) is 0 Å². The molecule has 2 aromatic carbocycles. The number of nitrogens with zero attached hydrogens (tertiary/aromatic N) is 3. The van der Waals surface area contributed by atoms with Crippen molar-refractivity contribution in [2.75, 3.05) is 5.43 Å². The topological polar surface area (TPSA) is 41.7 Å². The van der Waals surface area contributed by atoms with E-state index in [1.54, 1.807) is 11.3 Å². The Morgan fingerprint density at radius 2 is 1.74 bits per heavy atom. The maximum absolute atomic E-state index is 4.73. The van der Waals surface area contributed by atoms with Crippen LogP contribution in [-0.4, -0.2) is 15.6 Å². The lowest BCUT2D eigenvalue weighted by atomic mass is 10.1. The molecule has 0 saturated carbocycles. The van der Waals surface area contributed by atoms with Gasteiger partial charge in [0, 0.05) is 17.1 Å². The first-order valence-corrected chi connectivity index (χ1v) is 8.15. The Balaban J connectivity index is 1.72. The third kappa shape index (κ3) is 2.74. The van der Waals surface area contributed by atoms with E-state index in [1.807, 2.05) is 66.3 Å². The van der Waals surface area contributed by atoms with Crippen molar-refractivity contribution in [3.63, 3.8) is 0 Å². The molecular weight excluding hydrogens is 304 g/mol. The molecule has 4 rings (SSSR count). The van der Waals surface area contributed by atoms with Crippen LogP contribution in [0.2, 0.25) is 0 Å². The van der Waals surface area contributed by atoms with Crippen LogP contribution in [0.15, 0.2) is 77.3 Å². The molecule has 0 aliphatic carbocycles. The molecule has 0 amide bonds. The fourth-order valence-corrected chi connectivity index (χ4v) is 3.14. The molecule has 0 spiro atoms. The molecule has 2 aromatic heterocycles. The van der Waals surface area contributed by atoms with Crippen LogP contribution in [0.5, 0.6) is 0 Å². The predicted molar refractivity (Wildman–Crippen MR) is 96.2 cm³/mol. The van der Waals surface area contributed by atoms with Gasteiger partial charge in [0.2, 0.25) is 0 Å². The third-order valence-electron chi connectivity index (χ3n) is 3.50. The van der Waals surface area contributed by atoms with Gasteiger partial charge in [-0.1, -0.05) is 48.5 Å². The van der Waals surface area contributed by atoms with Crippen molar-refractivity contribution in [1.29, 1.82) is 0 Å². The molecule has 23 heavy (non-hydrogen) atoms. The lowest BCUT2D eigenvalue weighted by Gasteiger charge is -2.01. The Morgan fingerprint density at radius 1 is 1.00 bits per heavy atom. The summed E-state index contributed by atoms with van der Waals surface area (Å²) in [5.41, 5.74) is 7.00. The van der Waals surface area contributed by atoms with E-state index >= 15 is 0 Å². The molecule has 0 fully saturated rings. The van der Waals surface area contributed by atoms with Crippen LogP contribution in [0.4, 0.5) is 5.69 Å². The van der Waals surface area contributed by atoms with Gasteiger partial charge >= 0.3 is 0 Å². The summed E-state index contributed by atoms with van der Waals surface area (Å²) in [5.74, 6) is 0. The van der Waals surface area contributed by atoms with Gasteiger partial charge in [0.15, 0.2) is 4.96 Å². The molecule has 1 N–H and O–H groups in total. The van der Waals surface area contributed by atoms with Gasteiger partial charge in [-0.15, -0.1) is 11.3 Å². The standard InChI is InChI=1S/C18H14N4S/c1-3-7-14(8-4-1)17-16(22-11-12-23-18(22)20-17)13-19-21-15-9-5-2-6-10-15/h1-13,21H/b19-13+. The number of anilines is 1. The van der Waals surface area contributed by atoms with Crippen molar-refractivity contribution in [2.45, 2.75) is 0 Å².